The molecular weight excluding hydrogens is 326 g/mol. The van der Waals surface area contributed by atoms with Crippen LogP contribution >= 0.6 is 43.6 Å². The van der Waals surface area contributed by atoms with Crippen LogP contribution in [0.1, 0.15) is 17.4 Å². The van der Waals surface area contributed by atoms with Crippen molar-refractivity contribution in [3.8, 4) is 0 Å². The summed E-state index contributed by atoms with van der Waals surface area (Å²) in [5, 5.41) is 3.97. The third kappa shape index (κ3) is 2.54. The summed E-state index contributed by atoms with van der Waals surface area (Å²) < 4.78 is 2.24. The predicted molar refractivity (Wildman–Crippen MR) is 69.7 cm³/mol. The van der Waals surface area contributed by atoms with E-state index in [0.717, 1.165) is 15.5 Å². The van der Waals surface area contributed by atoms with Gasteiger partial charge >= 0.3 is 0 Å². The summed E-state index contributed by atoms with van der Waals surface area (Å²) in [6, 6.07) is 6.45. The first-order valence-corrected chi connectivity index (χ1v) is 7.21. The van der Waals surface area contributed by atoms with Crippen molar-refractivity contribution < 1.29 is 0 Å². The summed E-state index contributed by atoms with van der Waals surface area (Å²) in [4.78, 5) is 0. The largest absolute Gasteiger partial charge is 0.302 e. The minimum Gasteiger partial charge on any atom is -0.302 e. The average molecular weight is 337 g/mol. The Morgan fingerprint density at radius 2 is 2.14 bits per heavy atom. The molecule has 14 heavy (non-hydrogen) atoms. The maximum atomic E-state index is 3.53. The molecule has 0 aliphatic carbocycles. The van der Waals surface area contributed by atoms with Crippen LogP contribution in [0.2, 0.25) is 0 Å². The van der Waals surface area contributed by atoms with Gasteiger partial charge in [0.05, 0.1) is 5.37 Å². The molecule has 1 aromatic carbocycles. The molecule has 0 aromatic heterocycles. The van der Waals surface area contributed by atoms with Crippen LogP contribution in [0.4, 0.5) is 0 Å². The molecule has 1 aliphatic rings. The van der Waals surface area contributed by atoms with Crippen LogP contribution in [0, 0.1) is 0 Å². The lowest BCUT2D eigenvalue weighted by molar-refractivity contribution is 0.643. The van der Waals surface area contributed by atoms with E-state index in [1.54, 1.807) is 0 Å². The van der Waals surface area contributed by atoms with Gasteiger partial charge in [-0.05, 0) is 68.3 Å². The Morgan fingerprint density at radius 1 is 1.29 bits per heavy atom. The summed E-state index contributed by atoms with van der Waals surface area (Å²) in [5.74, 6) is 1.26. The Balaban J connectivity index is 2.18. The van der Waals surface area contributed by atoms with Gasteiger partial charge in [-0.25, -0.2) is 0 Å². The van der Waals surface area contributed by atoms with Gasteiger partial charge in [0.1, 0.15) is 0 Å². The maximum absolute atomic E-state index is 3.53. The molecule has 1 unspecified atom stereocenters. The summed E-state index contributed by atoms with van der Waals surface area (Å²) in [7, 11) is 0. The molecule has 0 amide bonds. The number of nitrogens with one attached hydrogen (secondary N) is 1. The zero-order chi connectivity index (χ0) is 9.97. The molecule has 1 saturated heterocycles. The number of thioether (sulfide) groups is 1. The lowest BCUT2D eigenvalue weighted by Gasteiger charge is -2.23. The summed E-state index contributed by atoms with van der Waals surface area (Å²) in [5.41, 5.74) is 1.35. The third-order valence-corrected chi connectivity index (χ3v) is 5.36. The van der Waals surface area contributed by atoms with Gasteiger partial charge in [0.2, 0.25) is 0 Å². The number of hydrogen-bond acceptors (Lipinski definition) is 2. The van der Waals surface area contributed by atoms with Crippen molar-refractivity contribution in [1.29, 1.82) is 0 Å². The molecule has 2 rings (SSSR count). The lowest BCUT2D eigenvalue weighted by atomic mass is 10.2. The standard InChI is InChI=1S/C10H11Br2NS/c11-8-3-2-7(6-9(8)12)10-13-4-1-5-14-10/h2-3,6,10,13H,1,4-5H2. The Bertz CT molecular complexity index is 324. The molecule has 4 heteroatoms. The normalized spacial score (nSPS) is 22.3. The van der Waals surface area contributed by atoms with E-state index in [0.29, 0.717) is 5.37 Å². The highest BCUT2D eigenvalue weighted by atomic mass is 79.9. The Morgan fingerprint density at radius 3 is 2.79 bits per heavy atom. The Kier molecular flexibility index (Phi) is 3.93. The highest BCUT2D eigenvalue weighted by Gasteiger charge is 2.15. The van der Waals surface area contributed by atoms with E-state index in [1.807, 2.05) is 11.8 Å². The highest BCUT2D eigenvalue weighted by molar-refractivity contribution is 9.13. The van der Waals surface area contributed by atoms with Crippen molar-refractivity contribution in [2.75, 3.05) is 12.3 Å². The molecule has 0 saturated carbocycles. The van der Waals surface area contributed by atoms with Gasteiger partial charge in [-0.15, -0.1) is 11.8 Å². The molecule has 1 atom stereocenters. The first-order chi connectivity index (χ1) is 6.77. The monoisotopic (exact) mass is 335 g/mol. The van der Waals surface area contributed by atoms with Crippen molar-refractivity contribution in [1.82, 2.24) is 5.32 Å². The van der Waals surface area contributed by atoms with Crippen LogP contribution in [0.25, 0.3) is 0 Å². The van der Waals surface area contributed by atoms with Crippen LogP contribution in [-0.2, 0) is 0 Å². The van der Waals surface area contributed by atoms with Crippen molar-refractivity contribution in [3.63, 3.8) is 0 Å². The molecule has 1 N–H and O–H groups in total. The van der Waals surface area contributed by atoms with Crippen molar-refractivity contribution in [3.05, 3.63) is 32.7 Å². The van der Waals surface area contributed by atoms with Crippen LogP contribution in [0.5, 0.6) is 0 Å². The molecule has 1 nitrogen and oxygen atoms in total. The van der Waals surface area contributed by atoms with Gasteiger partial charge in [-0.2, -0.15) is 0 Å². The average Bonchev–Trinajstić information content (AvgIpc) is 2.23. The van der Waals surface area contributed by atoms with Crippen LogP contribution in [-0.4, -0.2) is 12.3 Å². The summed E-state index contributed by atoms with van der Waals surface area (Å²) in [6.07, 6.45) is 1.28. The zero-order valence-corrected chi connectivity index (χ0v) is 11.6. The summed E-state index contributed by atoms with van der Waals surface area (Å²) >= 11 is 8.99. The minimum atomic E-state index is 0.466. The van der Waals surface area contributed by atoms with E-state index in [-0.39, 0.29) is 0 Å². The molecular formula is C10H11Br2NS. The smallest absolute Gasteiger partial charge is 0.0789 e. The SMILES string of the molecule is Brc1ccc(C2NCCCS2)cc1Br. The fraction of sp³-hybridized carbons (Fsp3) is 0.400. The van der Waals surface area contributed by atoms with Crippen LogP contribution in [0.15, 0.2) is 27.1 Å². The van der Waals surface area contributed by atoms with Crippen LogP contribution < -0.4 is 5.32 Å². The van der Waals surface area contributed by atoms with Gasteiger partial charge in [-0.1, -0.05) is 6.07 Å². The maximum Gasteiger partial charge on any atom is 0.0789 e. The third-order valence-electron chi connectivity index (χ3n) is 2.18. The Labute approximate surface area is 105 Å². The van der Waals surface area contributed by atoms with E-state index in [1.165, 1.54) is 17.7 Å². The molecule has 1 aromatic rings. The first-order valence-electron chi connectivity index (χ1n) is 4.57. The number of benzene rings is 1. The van der Waals surface area contributed by atoms with E-state index >= 15 is 0 Å². The van der Waals surface area contributed by atoms with Gasteiger partial charge in [0.25, 0.3) is 0 Å². The van der Waals surface area contributed by atoms with Gasteiger partial charge in [0, 0.05) is 8.95 Å². The molecule has 76 valence electrons. The van der Waals surface area contributed by atoms with E-state index in [9.17, 15) is 0 Å². The molecule has 0 radical (unpaired) electrons. The van der Waals surface area contributed by atoms with E-state index < -0.39 is 0 Å². The molecule has 1 fully saturated rings. The molecule has 1 aliphatic heterocycles. The number of halogens is 2. The highest BCUT2D eigenvalue weighted by Crippen LogP contribution is 2.33. The first kappa shape index (κ1) is 11.0. The quantitative estimate of drug-likeness (QED) is 0.833. The number of hydrogen-bond donors (Lipinski definition) is 1. The second kappa shape index (κ2) is 5.01. The molecule has 0 bridgehead atoms. The minimum absolute atomic E-state index is 0.466. The van der Waals surface area contributed by atoms with Gasteiger partial charge < -0.3 is 5.32 Å². The molecule has 0 spiro atoms. The van der Waals surface area contributed by atoms with Gasteiger partial charge in [0.15, 0.2) is 0 Å². The second-order valence-corrected chi connectivity index (χ2v) is 6.15. The lowest BCUT2D eigenvalue weighted by Crippen LogP contribution is -2.25. The summed E-state index contributed by atoms with van der Waals surface area (Å²) in [6.45, 7) is 1.13. The zero-order valence-electron chi connectivity index (χ0n) is 7.59. The van der Waals surface area contributed by atoms with Crippen LogP contribution in [0.3, 0.4) is 0 Å². The Hall–Kier alpha value is 0.490. The van der Waals surface area contributed by atoms with Crippen molar-refractivity contribution in [2.24, 2.45) is 0 Å². The fourth-order valence-electron chi connectivity index (χ4n) is 1.45. The van der Waals surface area contributed by atoms with Crippen molar-refractivity contribution >= 4 is 43.6 Å². The second-order valence-electron chi connectivity index (χ2n) is 3.23. The fourth-order valence-corrected chi connectivity index (χ4v) is 3.22. The topological polar surface area (TPSA) is 12.0 Å². The van der Waals surface area contributed by atoms with Crippen molar-refractivity contribution in [2.45, 2.75) is 11.8 Å². The predicted octanol–water partition coefficient (Wildman–Crippen LogP) is 3.94. The van der Waals surface area contributed by atoms with Gasteiger partial charge in [-0.3, -0.25) is 0 Å². The number of rotatable bonds is 1. The molecule has 1 heterocycles. The van der Waals surface area contributed by atoms with E-state index in [4.69, 9.17) is 0 Å². The van der Waals surface area contributed by atoms with E-state index in [2.05, 4.69) is 55.4 Å².